The summed E-state index contributed by atoms with van der Waals surface area (Å²) in [5.41, 5.74) is 8.16. The average Bonchev–Trinajstić information content (AvgIpc) is 2.88. The topological polar surface area (TPSA) is 97.7 Å². The molecule has 0 saturated heterocycles. The van der Waals surface area contributed by atoms with E-state index in [1.807, 2.05) is 30.3 Å². The number of aromatic carboxylic acids is 1. The van der Waals surface area contributed by atoms with Gasteiger partial charge in [0, 0.05) is 23.7 Å². The number of aromatic nitrogens is 2. The van der Waals surface area contributed by atoms with E-state index in [1.54, 1.807) is 17.5 Å². The van der Waals surface area contributed by atoms with Crippen molar-refractivity contribution in [3.8, 4) is 11.1 Å². The molecule has 0 aliphatic heterocycles. The fourth-order valence-corrected chi connectivity index (χ4v) is 2.52. The Balaban J connectivity index is 2.39. The molecule has 3 rings (SSSR count). The highest BCUT2D eigenvalue weighted by Crippen LogP contribution is 2.29. The van der Waals surface area contributed by atoms with Gasteiger partial charge in [-0.15, -0.1) is 0 Å². The lowest BCUT2D eigenvalue weighted by molar-refractivity contribution is 0.0694. The largest absolute Gasteiger partial charge is 0.478 e. The SMILES string of the molecule is Cc1c(C(=O)O)cnc2c(C(N)=O)c(-c3ccccc3)cn12. The fraction of sp³-hybridized carbons (Fsp3) is 0.0625. The number of carbonyl (C=O) groups excluding carboxylic acids is 1. The molecule has 2 aromatic heterocycles. The van der Waals surface area contributed by atoms with Crippen molar-refractivity contribution >= 4 is 17.5 Å². The molecule has 0 aliphatic rings. The van der Waals surface area contributed by atoms with Crippen LogP contribution in [0.1, 0.15) is 26.4 Å². The molecule has 0 radical (unpaired) electrons. The van der Waals surface area contributed by atoms with Crippen molar-refractivity contribution < 1.29 is 14.7 Å². The molecule has 1 aromatic carbocycles. The van der Waals surface area contributed by atoms with Crippen LogP contribution >= 0.6 is 0 Å². The summed E-state index contributed by atoms with van der Waals surface area (Å²) in [6.07, 6.45) is 2.94. The number of hydrogen-bond donors (Lipinski definition) is 2. The molecular weight excluding hydrogens is 282 g/mol. The van der Waals surface area contributed by atoms with Gasteiger partial charge in [-0.2, -0.15) is 0 Å². The summed E-state index contributed by atoms with van der Waals surface area (Å²) >= 11 is 0. The summed E-state index contributed by atoms with van der Waals surface area (Å²) in [6.45, 7) is 1.66. The Morgan fingerprint density at radius 2 is 1.91 bits per heavy atom. The van der Waals surface area contributed by atoms with Crippen LogP contribution in [0.4, 0.5) is 0 Å². The first-order valence-corrected chi connectivity index (χ1v) is 6.60. The minimum absolute atomic E-state index is 0.0816. The van der Waals surface area contributed by atoms with E-state index < -0.39 is 11.9 Å². The van der Waals surface area contributed by atoms with Crippen molar-refractivity contribution in [3.05, 3.63) is 59.5 Å². The van der Waals surface area contributed by atoms with Crippen molar-refractivity contribution in [2.24, 2.45) is 5.73 Å². The number of carboxylic acid groups (broad SMARTS) is 1. The quantitative estimate of drug-likeness (QED) is 0.773. The van der Waals surface area contributed by atoms with Crippen LogP contribution in [0, 0.1) is 6.92 Å². The summed E-state index contributed by atoms with van der Waals surface area (Å²) in [5.74, 6) is -1.67. The number of hydrogen-bond acceptors (Lipinski definition) is 3. The van der Waals surface area contributed by atoms with Gasteiger partial charge in [0.25, 0.3) is 5.91 Å². The maximum absolute atomic E-state index is 11.9. The Labute approximate surface area is 125 Å². The van der Waals surface area contributed by atoms with Crippen LogP contribution in [0.3, 0.4) is 0 Å². The Morgan fingerprint density at radius 1 is 1.23 bits per heavy atom. The third kappa shape index (κ3) is 2.01. The highest BCUT2D eigenvalue weighted by Gasteiger charge is 2.21. The Morgan fingerprint density at radius 3 is 2.50 bits per heavy atom. The number of carboxylic acids is 1. The maximum atomic E-state index is 11.9. The van der Waals surface area contributed by atoms with Crippen molar-refractivity contribution in [1.82, 2.24) is 9.38 Å². The van der Waals surface area contributed by atoms with Crippen molar-refractivity contribution in [2.75, 3.05) is 0 Å². The van der Waals surface area contributed by atoms with Gasteiger partial charge < -0.3 is 15.2 Å². The zero-order valence-corrected chi connectivity index (χ0v) is 11.8. The van der Waals surface area contributed by atoms with Gasteiger partial charge >= 0.3 is 5.97 Å². The third-order valence-corrected chi connectivity index (χ3v) is 3.61. The van der Waals surface area contributed by atoms with Gasteiger partial charge in [0.2, 0.25) is 0 Å². The molecule has 6 heteroatoms. The first kappa shape index (κ1) is 13.8. The molecule has 6 nitrogen and oxygen atoms in total. The van der Waals surface area contributed by atoms with Crippen LogP contribution in [0.25, 0.3) is 16.8 Å². The van der Waals surface area contributed by atoms with Crippen LogP contribution in [0.2, 0.25) is 0 Å². The normalized spacial score (nSPS) is 10.8. The van der Waals surface area contributed by atoms with Crippen molar-refractivity contribution in [1.29, 1.82) is 0 Å². The first-order chi connectivity index (χ1) is 10.5. The number of carbonyl (C=O) groups is 2. The highest BCUT2D eigenvalue weighted by atomic mass is 16.4. The van der Waals surface area contributed by atoms with Gasteiger partial charge in [0.15, 0.2) is 0 Å². The lowest BCUT2D eigenvalue weighted by atomic mass is 10.0. The van der Waals surface area contributed by atoms with Crippen LogP contribution in [-0.4, -0.2) is 26.4 Å². The van der Waals surface area contributed by atoms with E-state index in [0.29, 0.717) is 16.9 Å². The lowest BCUT2D eigenvalue weighted by Gasteiger charge is -2.04. The molecule has 3 N–H and O–H groups in total. The molecule has 0 bridgehead atoms. The van der Waals surface area contributed by atoms with E-state index in [9.17, 15) is 14.7 Å². The minimum atomic E-state index is -1.07. The van der Waals surface area contributed by atoms with Gasteiger partial charge in [-0.25, -0.2) is 9.78 Å². The second kappa shape index (κ2) is 5.00. The van der Waals surface area contributed by atoms with Crippen LogP contribution < -0.4 is 5.73 Å². The average molecular weight is 295 g/mol. The summed E-state index contributed by atoms with van der Waals surface area (Å²) in [7, 11) is 0. The number of rotatable bonds is 3. The zero-order valence-electron chi connectivity index (χ0n) is 11.8. The molecule has 0 unspecified atom stereocenters. The number of fused-ring (bicyclic) bond motifs is 1. The highest BCUT2D eigenvalue weighted by molar-refractivity contribution is 6.06. The van der Waals surface area contributed by atoms with Crippen molar-refractivity contribution in [2.45, 2.75) is 6.92 Å². The summed E-state index contributed by atoms with van der Waals surface area (Å²) in [5, 5.41) is 9.18. The Hall–Kier alpha value is -3.15. The lowest BCUT2D eigenvalue weighted by Crippen LogP contribution is -2.13. The van der Waals surface area contributed by atoms with Gasteiger partial charge in [0.05, 0.1) is 11.1 Å². The standard InChI is InChI=1S/C16H13N3O3/c1-9-11(16(21)22)7-18-15-13(14(17)20)12(8-19(9)15)10-5-3-2-4-6-10/h2-8H,1H3,(H2,17,20)(H,21,22). The van der Waals surface area contributed by atoms with Crippen LogP contribution in [0.15, 0.2) is 42.7 Å². The second-order valence-electron chi connectivity index (χ2n) is 4.90. The summed E-state index contributed by atoms with van der Waals surface area (Å²) in [6, 6.07) is 9.29. The molecule has 0 atom stereocenters. The van der Waals surface area contributed by atoms with Crippen LogP contribution in [-0.2, 0) is 0 Å². The van der Waals surface area contributed by atoms with Gasteiger partial charge in [0.1, 0.15) is 5.65 Å². The number of aryl methyl sites for hydroxylation is 1. The van der Waals surface area contributed by atoms with E-state index in [-0.39, 0.29) is 11.1 Å². The van der Waals surface area contributed by atoms with E-state index in [1.165, 1.54) is 6.20 Å². The molecule has 1 amide bonds. The molecular formula is C16H13N3O3. The Bertz CT molecular complexity index is 898. The van der Waals surface area contributed by atoms with E-state index in [4.69, 9.17) is 5.73 Å². The number of primary amides is 1. The summed E-state index contributed by atoms with van der Waals surface area (Å²) in [4.78, 5) is 27.2. The molecule has 3 aromatic rings. The minimum Gasteiger partial charge on any atom is -0.478 e. The van der Waals surface area contributed by atoms with Gasteiger partial charge in [-0.1, -0.05) is 30.3 Å². The molecule has 110 valence electrons. The number of nitrogens with zero attached hydrogens (tertiary/aromatic N) is 2. The summed E-state index contributed by atoms with van der Waals surface area (Å²) < 4.78 is 1.59. The number of amides is 1. The van der Waals surface area contributed by atoms with Gasteiger partial charge in [-0.05, 0) is 12.5 Å². The van der Waals surface area contributed by atoms with Crippen molar-refractivity contribution in [3.63, 3.8) is 0 Å². The Kier molecular flexibility index (Phi) is 3.14. The third-order valence-electron chi connectivity index (χ3n) is 3.61. The van der Waals surface area contributed by atoms with E-state index >= 15 is 0 Å². The predicted octanol–water partition coefficient (Wildman–Crippen LogP) is 2.11. The van der Waals surface area contributed by atoms with Gasteiger partial charge in [-0.3, -0.25) is 4.79 Å². The molecule has 0 fully saturated rings. The maximum Gasteiger partial charge on any atom is 0.339 e. The smallest absolute Gasteiger partial charge is 0.339 e. The number of benzene rings is 1. The van der Waals surface area contributed by atoms with E-state index in [2.05, 4.69) is 4.98 Å². The first-order valence-electron chi connectivity index (χ1n) is 6.60. The monoisotopic (exact) mass is 295 g/mol. The number of nitrogens with two attached hydrogens (primary N) is 1. The van der Waals surface area contributed by atoms with E-state index in [0.717, 1.165) is 5.56 Å². The molecule has 0 spiro atoms. The fourth-order valence-electron chi connectivity index (χ4n) is 2.52. The molecule has 0 aliphatic carbocycles. The molecule has 0 saturated carbocycles. The molecule has 2 heterocycles. The zero-order chi connectivity index (χ0) is 15.9. The predicted molar refractivity (Wildman–Crippen MR) is 80.8 cm³/mol. The molecule has 22 heavy (non-hydrogen) atoms. The second-order valence-corrected chi connectivity index (χ2v) is 4.90. The van der Waals surface area contributed by atoms with Crippen LogP contribution in [0.5, 0.6) is 0 Å².